The molecule has 3 N–H and O–H groups in total. The number of hydrogen-bond acceptors (Lipinski definition) is 3. The Morgan fingerprint density at radius 1 is 1.40 bits per heavy atom. The zero-order valence-corrected chi connectivity index (χ0v) is 9.75. The molecule has 1 unspecified atom stereocenters. The lowest BCUT2D eigenvalue weighted by molar-refractivity contribution is -0.132. The van der Waals surface area contributed by atoms with Crippen LogP contribution in [0.15, 0.2) is 0 Å². The number of nitrogens with zero attached hydrogens (tertiary/aromatic N) is 1. The third-order valence-corrected chi connectivity index (χ3v) is 2.20. The van der Waals surface area contributed by atoms with Crippen molar-refractivity contribution in [3.8, 4) is 0 Å². The molecule has 0 aromatic heterocycles. The van der Waals surface area contributed by atoms with Gasteiger partial charge in [-0.15, -0.1) is 0 Å². The van der Waals surface area contributed by atoms with Crippen LogP contribution < -0.4 is 11.1 Å². The second-order valence-electron chi connectivity index (χ2n) is 3.84. The largest absolute Gasteiger partial charge is 0.347 e. The summed E-state index contributed by atoms with van der Waals surface area (Å²) in [6, 6.07) is 0. The van der Waals surface area contributed by atoms with Crippen molar-refractivity contribution in [3.63, 3.8) is 0 Å². The van der Waals surface area contributed by atoms with Crippen molar-refractivity contribution in [1.82, 2.24) is 10.2 Å². The summed E-state index contributed by atoms with van der Waals surface area (Å²) < 4.78 is 0. The van der Waals surface area contributed by atoms with Crippen molar-refractivity contribution in [2.45, 2.75) is 19.8 Å². The van der Waals surface area contributed by atoms with E-state index in [0.717, 1.165) is 12.8 Å². The molecular weight excluding hydrogens is 194 g/mol. The van der Waals surface area contributed by atoms with E-state index in [4.69, 9.17) is 5.73 Å². The first-order chi connectivity index (χ1) is 6.99. The quantitative estimate of drug-likeness (QED) is 0.631. The summed E-state index contributed by atoms with van der Waals surface area (Å²) in [7, 11) is 3.32. The molecule has 0 rings (SSSR count). The number of nitrogens with one attached hydrogen (secondary N) is 1. The van der Waals surface area contributed by atoms with Gasteiger partial charge in [0.15, 0.2) is 0 Å². The lowest BCUT2D eigenvalue weighted by atomic mass is 10.1. The van der Waals surface area contributed by atoms with Crippen LogP contribution in [0.4, 0.5) is 0 Å². The molecule has 0 fully saturated rings. The monoisotopic (exact) mass is 215 g/mol. The molecule has 2 amide bonds. The van der Waals surface area contributed by atoms with Gasteiger partial charge in [-0.05, 0) is 19.4 Å². The summed E-state index contributed by atoms with van der Waals surface area (Å²) in [5, 5.41) is 2.60. The molecule has 15 heavy (non-hydrogen) atoms. The fourth-order valence-electron chi connectivity index (χ4n) is 1.05. The summed E-state index contributed by atoms with van der Waals surface area (Å²) in [5.74, 6) is -0.267. The Morgan fingerprint density at radius 2 is 2.00 bits per heavy atom. The molecule has 0 spiro atoms. The Labute approximate surface area is 91.0 Å². The number of amides is 2. The number of carbonyl (C=O) groups excluding carboxylic acids is 2. The number of hydrogen-bond donors (Lipinski definition) is 2. The molecule has 5 nitrogen and oxygen atoms in total. The topological polar surface area (TPSA) is 75.4 Å². The van der Waals surface area contributed by atoms with Gasteiger partial charge in [-0.1, -0.05) is 6.92 Å². The standard InChI is InChI=1S/C10H21N3O2/c1-8(5-4-6-11)10(15)12-7-9(14)13(2)3/h8H,4-7,11H2,1-3H3,(H,12,15). The molecular formula is C10H21N3O2. The number of carbonyl (C=O) groups is 2. The van der Waals surface area contributed by atoms with Gasteiger partial charge in [0.1, 0.15) is 0 Å². The van der Waals surface area contributed by atoms with Gasteiger partial charge in [0.25, 0.3) is 0 Å². The minimum absolute atomic E-state index is 0.0683. The third-order valence-electron chi connectivity index (χ3n) is 2.20. The van der Waals surface area contributed by atoms with Crippen molar-refractivity contribution in [2.24, 2.45) is 11.7 Å². The lowest BCUT2D eigenvalue weighted by Gasteiger charge is -2.13. The second kappa shape index (κ2) is 7.23. The molecule has 0 aromatic carbocycles. The van der Waals surface area contributed by atoms with Crippen LogP contribution in [0.25, 0.3) is 0 Å². The van der Waals surface area contributed by atoms with Gasteiger partial charge in [-0.2, -0.15) is 0 Å². The number of rotatable bonds is 6. The Balaban J connectivity index is 3.78. The van der Waals surface area contributed by atoms with Crippen LogP contribution >= 0.6 is 0 Å². The molecule has 0 aliphatic carbocycles. The van der Waals surface area contributed by atoms with Crippen LogP contribution in [-0.2, 0) is 9.59 Å². The van der Waals surface area contributed by atoms with E-state index in [2.05, 4.69) is 5.32 Å². The molecule has 0 saturated heterocycles. The van der Waals surface area contributed by atoms with E-state index in [1.165, 1.54) is 4.90 Å². The van der Waals surface area contributed by atoms with Crippen LogP contribution in [0.2, 0.25) is 0 Å². The number of nitrogens with two attached hydrogens (primary N) is 1. The Kier molecular flexibility index (Phi) is 6.70. The van der Waals surface area contributed by atoms with Crippen LogP contribution in [0.3, 0.4) is 0 Å². The van der Waals surface area contributed by atoms with Gasteiger partial charge >= 0.3 is 0 Å². The van der Waals surface area contributed by atoms with Gasteiger partial charge in [0.05, 0.1) is 6.54 Å². The second-order valence-corrected chi connectivity index (χ2v) is 3.84. The highest BCUT2D eigenvalue weighted by Crippen LogP contribution is 2.03. The highest BCUT2D eigenvalue weighted by molar-refractivity contribution is 5.85. The third kappa shape index (κ3) is 6.06. The molecule has 5 heteroatoms. The predicted octanol–water partition coefficient (Wildman–Crippen LogP) is -0.434. The fourth-order valence-corrected chi connectivity index (χ4v) is 1.05. The van der Waals surface area contributed by atoms with Crippen LogP contribution in [0.1, 0.15) is 19.8 Å². The summed E-state index contributed by atoms with van der Waals surface area (Å²) in [4.78, 5) is 24.1. The van der Waals surface area contributed by atoms with Gasteiger partial charge in [-0.25, -0.2) is 0 Å². The number of likely N-dealkylation sites (N-methyl/N-ethyl adjacent to an activating group) is 1. The van der Waals surface area contributed by atoms with E-state index >= 15 is 0 Å². The van der Waals surface area contributed by atoms with Crippen molar-refractivity contribution in [3.05, 3.63) is 0 Å². The molecule has 0 heterocycles. The smallest absolute Gasteiger partial charge is 0.241 e. The normalized spacial score (nSPS) is 12.0. The van der Waals surface area contributed by atoms with E-state index in [9.17, 15) is 9.59 Å². The predicted molar refractivity (Wildman–Crippen MR) is 59.2 cm³/mol. The first-order valence-electron chi connectivity index (χ1n) is 5.17. The first kappa shape index (κ1) is 13.9. The maximum atomic E-state index is 11.5. The van der Waals surface area contributed by atoms with E-state index in [1.54, 1.807) is 14.1 Å². The summed E-state index contributed by atoms with van der Waals surface area (Å²) in [6.07, 6.45) is 1.59. The average Bonchev–Trinajstić information content (AvgIpc) is 2.21. The van der Waals surface area contributed by atoms with E-state index in [1.807, 2.05) is 6.92 Å². The zero-order valence-electron chi connectivity index (χ0n) is 9.75. The van der Waals surface area contributed by atoms with E-state index < -0.39 is 0 Å². The maximum Gasteiger partial charge on any atom is 0.241 e. The summed E-state index contributed by atoms with van der Waals surface area (Å²) >= 11 is 0. The molecule has 0 aliphatic heterocycles. The molecule has 0 radical (unpaired) electrons. The molecule has 0 aliphatic rings. The van der Waals surface area contributed by atoms with Crippen LogP contribution in [0.5, 0.6) is 0 Å². The van der Waals surface area contributed by atoms with Gasteiger partial charge in [0, 0.05) is 20.0 Å². The molecule has 0 saturated carbocycles. The van der Waals surface area contributed by atoms with Gasteiger partial charge < -0.3 is 16.0 Å². The lowest BCUT2D eigenvalue weighted by Crippen LogP contribution is -2.38. The molecule has 1 atom stereocenters. The van der Waals surface area contributed by atoms with Crippen LogP contribution in [-0.4, -0.2) is 43.9 Å². The van der Waals surface area contributed by atoms with Gasteiger partial charge in [0.2, 0.25) is 11.8 Å². The summed E-state index contributed by atoms with van der Waals surface area (Å²) in [5.41, 5.74) is 5.35. The fraction of sp³-hybridized carbons (Fsp3) is 0.800. The molecule has 0 aromatic rings. The highest BCUT2D eigenvalue weighted by Gasteiger charge is 2.13. The Morgan fingerprint density at radius 3 is 2.47 bits per heavy atom. The van der Waals surface area contributed by atoms with E-state index in [0.29, 0.717) is 6.54 Å². The Hall–Kier alpha value is -1.10. The SMILES string of the molecule is CC(CCCN)C(=O)NCC(=O)N(C)C. The first-order valence-corrected chi connectivity index (χ1v) is 5.17. The van der Waals surface area contributed by atoms with Gasteiger partial charge in [-0.3, -0.25) is 9.59 Å². The minimum atomic E-state index is -0.102. The highest BCUT2D eigenvalue weighted by atomic mass is 16.2. The van der Waals surface area contributed by atoms with Crippen molar-refractivity contribution >= 4 is 11.8 Å². The average molecular weight is 215 g/mol. The maximum absolute atomic E-state index is 11.5. The van der Waals surface area contributed by atoms with Crippen molar-refractivity contribution in [1.29, 1.82) is 0 Å². The zero-order chi connectivity index (χ0) is 11.8. The van der Waals surface area contributed by atoms with Crippen molar-refractivity contribution in [2.75, 3.05) is 27.2 Å². The van der Waals surface area contributed by atoms with Crippen LogP contribution in [0, 0.1) is 5.92 Å². The molecule has 0 bridgehead atoms. The van der Waals surface area contributed by atoms with Crippen molar-refractivity contribution < 1.29 is 9.59 Å². The Bertz CT molecular complexity index is 217. The molecule has 88 valence electrons. The summed E-state index contributed by atoms with van der Waals surface area (Å²) in [6.45, 7) is 2.50. The van der Waals surface area contributed by atoms with E-state index in [-0.39, 0.29) is 24.3 Å². The minimum Gasteiger partial charge on any atom is -0.347 e.